The van der Waals surface area contributed by atoms with Crippen molar-refractivity contribution >= 4 is 21.7 Å². The summed E-state index contributed by atoms with van der Waals surface area (Å²) in [4.78, 5) is 12.2. The molecule has 1 aromatic carbocycles. The number of carbonyl (C=O) groups is 1. The van der Waals surface area contributed by atoms with Crippen LogP contribution in [-0.2, 0) is 11.2 Å². The van der Waals surface area contributed by atoms with E-state index in [9.17, 15) is 4.79 Å². The molecule has 2 rings (SSSR count). The molecular weight excluding hydrogens is 294 g/mol. The summed E-state index contributed by atoms with van der Waals surface area (Å²) in [5, 5.41) is 0. The zero-order valence-corrected chi connectivity index (χ0v) is 12.1. The summed E-state index contributed by atoms with van der Waals surface area (Å²) in [5.74, 6) is 1.09. The molecule has 0 heterocycles. The molecule has 0 radical (unpaired) electrons. The molecule has 18 heavy (non-hydrogen) atoms. The van der Waals surface area contributed by atoms with E-state index in [1.165, 1.54) is 0 Å². The van der Waals surface area contributed by atoms with Crippen molar-refractivity contribution in [3.8, 4) is 5.75 Å². The second kappa shape index (κ2) is 5.85. The van der Waals surface area contributed by atoms with Gasteiger partial charge in [-0.3, -0.25) is 4.79 Å². The SMILES string of the molecule is COc1ccc(CC(=O)C2CCCC2N)cc1Br. The number of ketones is 1. The minimum atomic E-state index is 0.0471. The molecule has 0 aromatic heterocycles. The van der Waals surface area contributed by atoms with Crippen LogP contribution < -0.4 is 10.5 Å². The number of Topliss-reactive ketones (excluding diaryl/α,β-unsaturated/α-hetero) is 1. The highest BCUT2D eigenvalue weighted by atomic mass is 79.9. The Morgan fingerprint density at radius 1 is 1.50 bits per heavy atom. The van der Waals surface area contributed by atoms with Gasteiger partial charge in [-0.2, -0.15) is 0 Å². The first-order valence-corrected chi connectivity index (χ1v) is 7.02. The van der Waals surface area contributed by atoms with E-state index in [4.69, 9.17) is 10.5 Å². The molecule has 1 aliphatic carbocycles. The van der Waals surface area contributed by atoms with E-state index in [0.717, 1.165) is 35.0 Å². The van der Waals surface area contributed by atoms with E-state index in [1.54, 1.807) is 7.11 Å². The lowest BCUT2D eigenvalue weighted by Crippen LogP contribution is -2.31. The third-order valence-corrected chi connectivity index (χ3v) is 4.20. The fourth-order valence-electron chi connectivity index (χ4n) is 2.54. The Balaban J connectivity index is 2.05. The summed E-state index contributed by atoms with van der Waals surface area (Å²) in [6.45, 7) is 0. The van der Waals surface area contributed by atoms with Gasteiger partial charge in [0, 0.05) is 18.4 Å². The van der Waals surface area contributed by atoms with E-state index >= 15 is 0 Å². The molecule has 0 amide bonds. The van der Waals surface area contributed by atoms with Crippen LogP contribution in [0.15, 0.2) is 22.7 Å². The number of nitrogens with two attached hydrogens (primary N) is 1. The van der Waals surface area contributed by atoms with Crippen molar-refractivity contribution < 1.29 is 9.53 Å². The van der Waals surface area contributed by atoms with Gasteiger partial charge in [0.2, 0.25) is 0 Å². The van der Waals surface area contributed by atoms with Gasteiger partial charge in [-0.15, -0.1) is 0 Å². The van der Waals surface area contributed by atoms with Crippen LogP contribution in [0.4, 0.5) is 0 Å². The van der Waals surface area contributed by atoms with Crippen LogP contribution in [0, 0.1) is 5.92 Å². The standard InChI is InChI=1S/C14H18BrNO2/c1-18-14-6-5-9(7-11(14)15)8-13(17)10-3-2-4-12(10)16/h5-7,10,12H,2-4,8,16H2,1H3. The fourth-order valence-corrected chi connectivity index (χ4v) is 3.13. The smallest absolute Gasteiger partial charge is 0.141 e. The number of hydrogen-bond donors (Lipinski definition) is 1. The van der Waals surface area contributed by atoms with Gasteiger partial charge in [-0.05, 0) is 46.5 Å². The van der Waals surface area contributed by atoms with Crippen molar-refractivity contribution in [2.75, 3.05) is 7.11 Å². The molecule has 1 fully saturated rings. The maximum Gasteiger partial charge on any atom is 0.141 e. The van der Waals surface area contributed by atoms with Crippen molar-refractivity contribution in [1.29, 1.82) is 0 Å². The number of methoxy groups -OCH3 is 1. The van der Waals surface area contributed by atoms with Gasteiger partial charge in [0.25, 0.3) is 0 Å². The Kier molecular flexibility index (Phi) is 4.40. The molecule has 4 heteroatoms. The van der Waals surface area contributed by atoms with E-state index in [-0.39, 0.29) is 17.7 Å². The third-order valence-electron chi connectivity index (χ3n) is 3.58. The Morgan fingerprint density at radius 3 is 2.83 bits per heavy atom. The van der Waals surface area contributed by atoms with Gasteiger partial charge < -0.3 is 10.5 Å². The summed E-state index contributed by atoms with van der Waals surface area (Å²) in [6, 6.07) is 5.81. The largest absolute Gasteiger partial charge is 0.496 e. The molecule has 0 spiro atoms. The monoisotopic (exact) mass is 311 g/mol. The Labute approximate surface area is 116 Å². The molecular formula is C14H18BrNO2. The van der Waals surface area contributed by atoms with E-state index in [1.807, 2.05) is 18.2 Å². The highest BCUT2D eigenvalue weighted by Gasteiger charge is 2.29. The molecule has 0 saturated heterocycles. The summed E-state index contributed by atoms with van der Waals surface area (Å²) < 4.78 is 6.05. The second-order valence-electron chi connectivity index (χ2n) is 4.81. The molecule has 1 saturated carbocycles. The molecule has 0 bridgehead atoms. The Morgan fingerprint density at radius 2 is 2.28 bits per heavy atom. The van der Waals surface area contributed by atoms with Gasteiger partial charge in [-0.25, -0.2) is 0 Å². The summed E-state index contributed by atoms with van der Waals surface area (Å²) in [7, 11) is 1.63. The quantitative estimate of drug-likeness (QED) is 0.930. The lowest BCUT2D eigenvalue weighted by atomic mass is 9.94. The van der Waals surface area contributed by atoms with Crippen molar-refractivity contribution in [2.24, 2.45) is 11.7 Å². The first-order chi connectivity index (χ1) is 8.61. The number of rotatable bonds is 4. The average Bonchev–Trinajstić information content (AvgIpc) is 2.76. The van der Waals surface area contributed by atoms with Crippen molar-refractivity contribution in [1.82, 2.24) is 0 Å². The molecule has 2 atom stereocenters. The predicted octanol–water partition coefficient (Wildman–Crippen LogP) is 2.70. The van der Waals surface area contributed by atoms with Gasteiger partial charge in [0.15, 0.2) is 0 Å². The highest BCUT2D eigenvalue weighted by Crippen LogP contribution is 2.28. The zero-order valence-electron chi connectivity index (χ0n) is 10.5. The Hall–Kier alpha value is -0.870. The van der Waals surface area contributed by atoms with E-state index < -0.39 is 0 Å². The maximum atomic E-state index is 12.2. The van der Waals surface area contributed by atoms with Crippen LogP contribution in [0.2, 0.25) is 0 Å². The maximum absolute atomic E-state index is 12.2. The zero-order chi connectivity index (χ0) is 13.1. The van der Waals surface area contributed by atoms with E-state index in [0.29, 0.717) is 6.42 Å². The van der Waals surface area contributed by atoms with Crippen LogP contribution in [0.1, 0.15) is 24.8 Å². The average molecular weight is 312 g/mol. The third kappa shape index (κ3) is 2.93. The van der Waals surface area contributed by atoms with Gasteiger partial charge in [-0.1, -0.05) is 12.5 Å². The van der Waals surface area contributed by atoms with E-state index in [2.05, 4.69) is 15.9 Å². The first kappa shape index (κ1) is 13.6. The molecule has 2 unspecified atom stereocenters. The fraction of sp³-hybridized carbons (Fsp3) is 0.500. The number of halogens is 1. The molecule has 98 valence electrons. The van der Waals surface area contributed by atoms with Gasteiger partial charge in [0.05, 0.1) is 11.6 Å². The van der Waals surface area contributed by atoms with Crippen LogP contribution in [-0.4, -0.2) is 18.9 Å². The number of benzene rings is 1. The van der Waals surface area contributed by atoms with Crippen molar-refractivity contribution in [2.45, 2.75) is 31.7 Å². The molecule has 2 N–H and O–H groups in total. The number of carbonyl (C=O) groups excluding carboxylic acids is 1. The summed E-state index contributed by atoms with van der Waals surface area (Å²) in [6.07, 6.45) is 3.45. The topological polar surface area (TPSA) is 52.3 Å². The second-order valence-corrected chi connectivity index (χ2v) is 5.67. The van der Waals surface area contributed by atoms with Crippen molar-refractivity contribution in [3.63, 3.8) is 0 Å². The van der Waals surface area contributed by atoms with Crippen LogP contribution >= 0.6 is 15.9 Å². The first-order valence-electron chi connectivity index (χ1n) is 6.22. The Bertz CT molecular complexity index is 447. The lowest BCUT2D eigenvalue weighted by Gasteiger charge is -2.14. The normalized spacial score (nSPS) is 23.1. The summed E-state index contributed by atoms with van der Waals surface area (Å²) >= 11 is 3.43. The van der Waals surface area contributed by atoms with Gasteiger partial charge >= 0.3 is 0 Å². The molecule has 0 aliphatic heterocycles. The molecule has 3 nitrogen and oxygen atoms in total. The number of ether oxygens (including phenoxy) is 1. The minimum Gasteiger partial charge on any atom is -0.496 e. The van der Waals surface area contributed by atoms with Crippen LogP contribution in [0.3, 0.4) is 0 Å². The summed E-state index contributed by atoms with van der Waals surface area (Å²) in [5.41, 5.74) is 6.97. The lowest BCUT2D eigenvalue weighted by molar-refractivity contribution is -0.122. The van der Waals surface area contributed by atoms with Gasteiger partial charge in [0.1, 0.15) is 11.5 Å². The molecule has 1 aliphatic rings. The predicted molar refractivity (Wildman–Crippen MR) is 74.7 cm³/mol. The minimum absolute atomic E-state index is 0.0471. The highest BCUT2D eigenvalue weighted by molar-refractivity contribution is 9.10. The van der Waals surface area contributed by atoms with Crippen LogP contribution in [0.25, 0.3) is 0 Å². The van der Waals surface area contributed by atoms with Crippen molar-refractivity contribution in [3.05, 3.63) is 28.2 Å². The van der Waals surface area contributed by atoms with Crippen LogP contribution in [0.5, 0.6) is 5.75 Å². The molecule has 1 aromatic rings. The number of hydrogen-bond acceptors (Lipinski definition) is 3.